The Labute approximate surface area is 225 Å². The number of esters is 1. The third-order valence-electron chi connectivity index (χ3n) is 6.27. The molecule has 0 bridgehead atoms. The summed E-state index contributed by atoms with van der Waals surface area (Å²) in [7, 11) is -2.86. The number of rotatable bonds is 7. The highest BCUT2D eigenvalue weighted by molar-refractivity contribution is 7.92. The molecule has 10 heteroatoms. The van der Waals surface area contributed by atoms with E-state index in [2.05, 4.69) is 0 Å². The first-order valence-electron chi connectivity index (χ1n) is 11.8. The molecule has 1 aliphatic rings. The van der Waals surface area contributed by atoms with Gasteiger partial charge in [-0.2, -0.15) is 0 Å². The number of carbonyl (C=O) groups is 1. The van der Waals surface area contributed by atoms with Gasteiger partial charge in [0.1, 0.15) is 23.5 Å². The zero-order valence-electron chi connectivity index (χ0n) is 21.0. The summed E-state index contributed by atoms with van der Waals surface area (Å²) in [5.74, 6) is -1.13. The lowest BCUT2D eigenvalue weighted by molar-refractivity contribution is -0.141. The zero-order chi connectivity index (χ0) is 27.6. The minimum Gasteiger partial charge on any atom is -0.486 e. The Hall–Kier alpha value is -3.43. The van der Waals surface area contributed by atoms with Crippen LogP contribution in [-0.4, -0.2) is 34.1 Å². The predicted molar refractivity (Wildman–Crippen MR) is 143 cm³/mol. The molecule has 200 valence electrons. The Bertz CT molecular complexity index is 1500. The summed E-state index contributed by atoms with van der Waals surface area (Å²) in [6.07, 6.45) is 1.34. The average molecular weight is 562 g/mol. The van der Waals surface area contributed by atoms with Crippen LogP contribution in [-0.2, 0) is 19.6 Å². The van der Waals surface area contributed by atoms with Crippen LogP contribution >= 0.6 is 11.6 Å². The summed E-state index contributed by atoms with van der Waals surface area (Å²) in [5, 5.41) is 0.254. The van der Waals surface area contributed by atoms with Crippen molar-refractivity contribution in [2.24, 2.45) is 0 Å². The van der Waals surface area contributed by atoms with Crippen molar-refractivity contribution in [2.45, 2.75) is 37.7 Å². The summed E-state index contributed by atoms with van der Waals surface area (Å²) in [5.41, 5.74) is 1.84. The van der Waals surface area contributed by atoms with Crippen molar-refractivity contribution < 1.29 is 31.5 Å². The van der Waals surface area contributed by atoms with Gasteiger partial charge in [0, 0.05) is 12.0 Å². The number of fused-ring (bicyclic) bond motifs is 1. The highest BCUT2D eigenvalue weighted by atomic mass is 35.5. The maximum atomic E-state index is 14.4. The Balaban J connectivity index is 1.78. The molecule has 0 unspecified atom stereocenters. The van der Waals surface area contributed by atoms with Crippen molar-refractivity contribution in [1.82, 2.24) is 0 Å². The van der Waals surface area contributed by atoms with Crippen molar-refractivity contribution in [1.29, 1.82) is 0 Å². The molecule has 3 aromatic carbocycles. The quantitative estimate of drug-likeness (QED) is 0.247. The lowest BCUT2D eigenvalue weighted by Gasteiger charge is -2.35. The third-order valence-corrected chi connectivity index (χ3v) is 8.36. The van der Waals surface area contributed by atoms with E-state index in [-0.39, 0.29) is 46.1 Å². The largest absolute Gasteiger partial charge is 0.486 e. The number of carbonyl (C=O) groups excluding carboxylic acids is 1. The van der Waals surface area contributed by atoms with Crippen LogP contribution in [0.1, 0.15) is 36.5 Å². The molecule has 0 radical (unpaired) electrons. The fraction of sp³-hybridized carbons (Fsp3) is 0.250. The standard InChI is InChI=1S/C28H26ClF2NO5S/c1-17-14-21(9-10-23(17)30)38(34,35)32-16-20(8-12-27(33)36-3)37-26-11-7-19(15-25(26)32)13-18(2)28-22(29)5-4-6-24(28)31/h4-7,9-11,13-15,20H,8,12,16H2,1-3H3/b18-13+/t20-/m0/s1. The number of anilines is 1. The number of aryl methyl sites for hydroxylation is 1. The van der Waals surface area contributed by atoms with E-state index in [1.165, 1.54) is 42.6 Å². The Kier molecular flexibility index (Phi) is 8.08. The SMILES string of the molecule is COC(=O)CC[C@H]1CN(S(=O)(=O)c2ccc(F)c(C)c2)c2cc(/C=C(\C)c3c(F)cccc3Cl)ccc2O1. The molecule has 0 fully saturated rings. The summed E-state index contributed by atoms with van der Waals surface area (Å²) in [6.45, 7) is 3.12. The molecule has 38 heavy (non-hydrogen) atoms. The maximum absolute atomic E-state index is 14.4. The number of hydrogen-bond donors (Lipinski definition) is 0. The summed E-state index contributed by atoms with van der Waals surface area (Å²) in [6, 6.07) is 13.0. The van der Waals surface area contributed by atoms with Crippen LogP contribution in [0.5, 0.6) is 5.75 Å². The molecular weight excluding hydrogens is 536 g/mol. The Morgan fingerprint density at radius 1 is 1.16 bits per heavy atom. The van der Waals surface area contributed by atoms with Gasteiger partial charge in [0.2, 0.25) is 0 Å². The van der Waals surface area contributed by atoms with Crippen LogP contribution in [0, 0.1) is 18.6 Å². The number of halogens is 3. The van der Waals surface area contributed by atoms with E-state index in [0.29, 0.717) is 16.9 Å². The van der Waals surface area contributed by atoms with Crippen LogP contribution in [0.3, 0.4) is 0 Å². The molecule has 0 saturated heterocycles. The van der Waals surface area contributed by atoms with Crippen molar-refractivity contribution in [3.05, 3.63) is 87.9 Å². The highest BCUT2D eigenvalue weighted by Gasteiger charge is 2.35. The number of allylic oxidation sites excluding steroid dienone is 1. The van der Waals surface area contributed by atoms with Gasteiger partial charge >= 0.3 is 5.97 Å². The monoisotopic (exact) mass is 561 g/mol. The molecule has 4 rings (SSSR count). The van der Waals surface area contributed by atoms with E-state index in [1.54, 1.807) is 37.3 Å². The second kappa shape index (κ2) is 11.1. The van der Waals surface area contributed by atoms with Gasteiger partial charge in [-0.15, -0.1) is 0 Å². The first-order chi connectivity index (χ1) is 18.0. The van der Waals surface area contributed by atoms with Gasteiger partial charge in [-0.25, -0.2) is 17.2 Å². The second-order valence-corrected chi connectivity index (χ2v) is 11.2. The zero-order valence-corrected chi connectivity index (χ0v) is 22.6. The van der Waals surface area contributed by atoms with E-state index in [4.69, 9.17) is 21.1 Å². The van der Waals surface area contributed by atoms with Gasteiger partial charge in [-0.1, -0.05) is 29.8 Å². The highest BCUT2D eigenvalue weighted by Crippen LogP contribution is 2.40. The molecule has 1 atom stereocenters. The molecule has 0 N–H and O–H groups in total. The Morgan fingerprint density at radius 3 is 2.61 bits per heavy atom. The lowest BCUT2D eigenvalue weighted by Crippen LogP contribution is -2.43. The first kappa shape index (κ1) is 27.6. The smallest absolute Gasteiger partial charge is 0.305 e. The lowest BCUT2D eigenvalue weighted by atomic mass is 10.0. The summed E-state index contributed by atoms with van der Waals surface area (Å²) in [4.78, 5) is 11.6. The number of benzene rings is 3. The van der Waals surface area contributed by atoms with Gasteiger partial charge < -0.3 is 9.47 Å². The van der Waals surface area contributed by atoms with Crippen LogP contribution in [0.4, 0.5) is 14.5 Å². The van der Waals surface area contributed by atoms with E-state index in [0.717, 1.165) is 6.07 Å². The number of ether oxygens (including phenoxy) is 2. The number of hydrogen-bond acceptors (Lipinski definition) is 5. The number of sulfonamides is 1. The van der Waals surface area contributed by atoms with Crippen LogP contribution in [0.25, 0.3) is 11.6 Å². The molecule has 0 amide bonds. The van der Waals surface area contributed by atoms with E-state index >= 15 is 0 Å². The molecule has 6 nitrogen and oxygen atoms in total. The molecule has 3 aromatic rings. The third kappa shape index (κ3) is 5.68. The van der Waals surface area contributed by atoms with E-state index in [1.807, 2.05) is 0 Å². The molecule has 1 aliphatic heterocycles. The maximum Gasteiger partial charge on any atom is 0.305 e. The van der Waals surface area contributed by atoms with Gasteiger partial charge in [-0.05, 0) is 79.4 Å². The Morgan fingerprint density at radius 2 is 1.92 bits per heavy atom. The average Bonchev–Trinajstić information content (AvgIpc) is 2.88. The minimum absolute atomic E-state index is 0.0451. The van der Waals surface area contributed by atoms with Crippen LogP contribution < -0.4 is 9.04 Å². The second-order valence-electron chi connectivity index (χ2n) is 8.95. The van der Waals surface area contributed by atoms with E-state index in [9.17, 15) is 22.0 Å². The fourth-order valence-corrected chi connectivity index (χ4v) is 6.18. The predicted octanol–water partition coefficient (Wildman–Crippen LogP) is 6.40. The van der Waals surface area contributed by atoms with E-state index < -0.39 is 33.7 Å². The van der Waals surface area contributed by atoms with Crippen molar-refractivity contribution in [3.8, 4) is 5.75 Å². The van der Waals surface area contributed by atoms with Gasteiger partial charge in [0.25, 0.3) is 10.0 Å². The van der Waals surface area contributed by atoms with Crippen LogP contribution in [0.2, 0.25) is 5.02 Å². The van der Waals surface area contributed by atoms with Crippen molar-refractivity contribution >= 4 is 44.9 Å². The fourth-order valence-electron chi connectivity index (χ4n) is 4.28. The topological polar surface area (TPSA) is 72.9 Å². The normalized spacial score (nSPS) is 15.6. The molecule has 0 aromatic heterocycles. The molecular formula is C28H26ClF2NO5S. The minimum atomic E-state index is -4.13. The number of nitrogens with zero attached hydrogens (tertiary/aromatic N) is 1. The summed E-state index contributed by atoms with van der Waals surface area (Å²) < 4.78 is 67.8. The molecule has 0 saturated carbocycles. The first-order valence-corrected chi connectivity index (χ1v) is 13.6. The molecule has 1 heterocycles. The molecule has 0 spiro atoms. The van der Waals surface area contributed by atoms with Crippen molar-refractivity contribution in [2.75, 3.05) is 18.0 Å². The molecule has 0 aliphatic carbocycles. The van der Waals surface area contributed by atoms with Crippen LogP contribution in [0.15, 0.2) is 59.5 Å². The van der Waals surface area contributed by atoms with Crippen molar-refractivity contribution in [3.63, 3.8) is 0 Å². The van der Waals surface area contributed by atoms with Gasteiger partial charge in [0.15, 0.2) is 0 Å². The van der Waals surface area contributed by atoms with Gasteiger partial charge in [-0.3, -0.25) is 9.10 Å². The van der Waals surface area contributed by atoms with Gasteiger partial charge in [0.05, 0.1) is 29.3 Å². The summed E-state index contributed by atoms with van der Waals surface area (Å²) >= 11 is 6.21. The number of methoxy groups -OCH3 is 1.